The largest absolute Gasteiger partial charge is 0.393 e. The predicted octanol–water partition coefficient (Wildman–Crippen LogP) is 3.32. The summed E-state index contributed by atoms with van der Waals surface area (Å²) >= 11 is 5.10. The molecule has 1 aromatic rings. The first-order valence-corrected chi connectivity index (χ1v) is 11.4. The number of halogens is 1. The van der Waals surface area contributed by atoms with Gasteiger partial charge in [-0.25, -0.2) is 0 Å². The number of allylic oxidation sites excluding steroid dienone is 2. The number of aryl methyl sites for hydroxylation is 1. The molecule has 0 bridgehead atoms. The molecule has 2 rings (SSSR count). The summed E-state index contributed by atoms with van der Waals surface area (Å²) in [5.41, 5.74) is 5.12. The monoisotopic (exact) mass is 471 g/mol. The Labute approximate surface area is 179 Å². The fourth-order valence-electron chi connectivity index (χ4n) is 3.60. The summed E-state index contributed by atoms with van der Waals surface area (Å²) in [6, 6.07) is 4.05. The van der Waals surface area contributed by atoms with Crippen LogP contribution in [0.25, 0.3) is 0 Å². The van der Waals surface area contributed by atoms with E-state index >= 15 is 0 Å². The summed E-state index contributed by atoms with van der Waals surface area (Å²) in [6.45, 7) is 0. The van der Waals surface area contributed by atoms with E-state index in [4.69, 9.17) is 5.73 Å². The maximum atomic E-state index is 10.7. The predicted molar refractivity (Wildman–Crippen MR) is 116 cm³/mol. The fourth-order valence-corrected chi connectivity index (χ4v) is 5.10. The van der Waals surface area contributed by atoms with Crippen LogP contribution < -0.4 is 5.73 Å². The molecule has 1 heterocycles. The number of amides is 1. The average molecular weight is 472 g/mol. The van der Waals surface area contributed by atoms with Crippen LogP contribution in [-0.2, 0) is 11.2 Å². The first-order valence-electron chi connectivity index (χ1n) is 9.77. The molecule has 1 amide bonds. The number of carbonyl (C=O) groups is 1. The van der Waals surface area contributed by atoms with Crippen molar-refractivity contribution in [2.45, 2.75) is 63.3 Å². The lowest BCUT2D eigenvalue weighted by Crippen LogP contribution is -2.20. The van der Waals surface area contributed by atoms with Crippen molar-refractivity contribution >= 4 is 33.2 Å². The van der Waals surface area contributed by atoms with Crippen LogP contribution in [0.4, 0.5) is 0 Å². The first-order chi connectivity index (χ1) is 13.4. The normalized spacial score (nSPS) is 26.4. The van der Waals surface area contributed by atoms with Gasteiger partial charge in [0.2, 0.25) is 5.91 Å². The van der Waals surface area contributed by atoms with Crippen molar-refractivity contribution in [3.63, 3.8) is 0 Å². The van der Waals surface area contributed by atoms with E-state index in [1.165, 1.54) is 4.88 Å². The van der Waals surface area contributed by atoms with Gasteiger partial charge < -0.3 is 21.1 Å². The van der Waals surface area contributed by atoms with Crippen LogP contribution >= 0.6 is 27.3 Å². The van der Waals surface area contributed by atoms with E-state index < -0.39 is 18.3 Å². The molecule has 5 N–H and O–H groups in total. The Balaban J connectivity index is 1.81. The van der Waals surface area contributed by atoms with Crippen LogP contribution in [0.15, 0.2) is 40.2 Å². The first kappa shape index (κ1) is 23.3. The van der Waals surface area contributed by atoms with Gasteiger partial charge in [-0.1, -0.05) is 24.3 Å². The molecule has 156 valence electrons. The van der Waals surface area contributed by atoms with Crippen molar-refractivity contribution in [2.24, 2.45) is 17.6 Å². The van der Waals surface area contributed by atoms with E-state index in [1.54, 1.807) is 17.4 Å². The number of primary amides is 1. The second kappa shape index (κ2) is 11.9. The Morgan fingerprint density at radius 2 is 2.11 bits per heavy atom. The van der Waals surface area contributed by atoms with Crippen LogP contribution in [0.2, 0.25) is 0 Å². The molecule has 1 aliphatic rings. The molecular weight excluding hydrogens is 442 g/mol. The van der Waals surface area contributed by atoms with Gasteiger partial charge in [-0.3, -0.25) is 4.79 Å². The summed E-state index contributed by atoms with van der Waals surface area (Å²) in [5, 5.41) is 30.8. The summed E-state index contributed by atoms with van der Waals surface area (Å²) in [4.78, 5) is 11.9. The van der Waals surface area contributed by atoms with Gasteiger partial charge in [0.25, 0.3) is 0 Å². The Hall–Kier alpha value is -0.990. The van der Waals surface area contributed by atoms with E-state index in [1.807, 2.05) is 30.4 Å². The molecule has 1 aliphatic carbocycles. The Kier molecular flexibility index (Phi) is 9.88. The van der Waals surface area contributed by atoms with Crippen molar-refractivity contribution in [3.05, 3.63) is 45.1 Å². The molecule has 0 aromatic carbocycles. The van der Waals surface area contributed by atoms with Gasteiger partial charge in [0.05, 0.1) is 22.1 Å². The molecule has 1 aromatic heterocycles. The topological polar surface area (TPSA) is 104 Å². The van der Waals surface area contributed by atoms with Gasteiger partial charge in [-0.2, -0.15) is 0 Å². The van der Waals surface area contributed by atoms with Gasteiger partial charge >= 0.3 is 0 Å². The third-order valence-corrected chi connectivity index (χ3v) is 6.84. The lowest BCUT2D eigenvalue weighted by molar-refractivity contribution is -0.118. The highest BCUT2D eigenvalue weighted by Crippen LogP contribution is 2.36. The van der Waals surface area contributed by atoms with Gasteiger partial charge in [0.1, 0.15) is 0 Å². The Morgan fingerprint density at radius 3 is 2.79 bits per heavy atom. The highest BCUT2D eigenvalue weighted by Gasteiger charge is 2.39. The molecule has 5 atom stereocenters. The van der Waals surface area contributed by atoms with E-state index in [0.717, 1.165) is 23.0 Å². The van der Waals surface area contributed by atoms with Crippen molar-refractivity contribution in [1.82, 2.24) is 0 Å². The molecule has 7 heteroatoms. The van der Waals surface area contributed by atoms with Crippen LogP contribution in [-0.4, -0.2) is 39.5 Å². The summed E-state index contributed by atoms with van der Waals surface area (Å²) < 4.78 is 1.08. The van der Waals surface area contributed by atoms with Crippen LogP contribution in [0, 0.1) is 11.8 Å². The zero-order valence-corrected chi connectivity index (χ0v) is 18.3. The number of aliphatic hydroxyl groups excluding tert-OH is 3. The Bertz CT molecular complexity index is 675. The summed E-state index contributed by atoms with van der Waals surface area (Å²) in [5.74, 6) is -0.534. The maximum Gasteiger partial charge on any atom is 0.217 e. The molecule has 0 aliphatic heterocycles. The Morgan fingerprint density at radius 1 is 1.32 bits per heavy atom. The zero-order chi connectivity index (χ0) is 20.5. The van der Waals surface area contributed by atoms with Crippen molar-refractivity contribution in [1.29, 1.82) is 0 Å². The molecule has 1 saturated carbocycles. The standard InChI is InChI=1S/C21H30BrNO4S/c22-20-12-10-15(28-20)9-7-14(24)8-11-17-16(18(25)13-19(17)26)5-3-1-2-4-6-21(23)27/h1,3,8,10-12,14,16-19,24-26H,2,4-7,9,13H2,(H2,23,27)/t14-,16+,17+,18-,19+/m0/s1. The van der Waals surface area contributed by atoms with Gasteiger partial charge in [0, 0.05) is 23.6 Å². The minimum Gasteiger partial charge on any atom is -0.393 e. The number of carbonyl (C=O) groups excluding carboxylic acids is 1. The number of nitrogens with two attached hydrogens (primary N) is 1. The third kappa shape index (κ3) is 7.79. The van der Waals surface area contributed by atoms with Gasteiger partial charge in [0.15, 0.2) is 0 Å². The fraction of sp³-hybridized carbons (Fsp3) is 0.571. The minimum atomic E-state index is -0.597. The molecular formula is C21H30BrNO4S. The molecule has 0 spiro atoms. The quantitative estimate of drug-likeness (QED) is 0.293. The number of hydrogen-bond acceptors (Lipinski definition) is 5. The molecule has 0 radical (unpaired) electrons. The molecule has 1 fully saturated rings. The van der Waals surface area contributed by atoms with Crippen molar-refractivity contribution in [2.75, 3.05) is 0 Å². The highest BCUT2D eigenvalue weighted by molar-refractivity contribution is 9.11. The van der Waals surface area contributed by atoms with Crippen LogP contribution in [0.5, 0.6) is 0 Å². The molecule has 28 heavy (non-hydrogen) atoms. The SMILES string of the molecule is NC(=O)CCCC=CC[C@@H]1[C@@H](C=C[C@@H](O)CCc2ccc(Br)s2)[C@H](O)C[C@@H]1O. The lowest BCUT2D eigenvalue weighted by atomic mass is 9.89. The minimum absolute atomic E-state index is 0.0703. The lowest BCUT2D eigenvalue weighted by Gasteiger charge is -2.19. The van der Waals surface area contributed by atoms with E-state index in [-0.39, 0.29) is 17.7 Å². The van der Waals surface area contributed by atoms with Crippen molar-refractivity contribution < 1.29 is 20.1 Å². The number of hydrogen-bond donors (Lipinski definition) is 4. The van der Waals surface area contributed by atoms with Crippen LogP contribution in [0.1, 0.15) is 43.4 Å². The number of thiophene rings is 1. The molecule has 0 unspecified atom stereocenters. The second-order valence-electron chi connectivity index (χ2n) is 7.37. The third-order valence-electron chi connectivity index (χ3n) is 5.16. The summed E-state index contributed by atoms with van der Waals surface area (Å²) in [6.07, 6.45) is 10.2. The van der Waals surface area contributed by atoms with Gasteiger partial charge in [-0.15, -0.1) is 11.3 Å². The number of unbranched alkanes of at least 4 members (excludes halogenated alkanes) is 1. The van der Waals surface area contributed by atoms with E-state index in [0.29, 0.717) is 25.7 Å². The molecule has 5 nitrogen and oxygen atoms in total. The van der Waals surface area contributed by atoms with Gasteiger partial charge in [-0.05, 0) is 66.1 Å². The number of rotatable bonds is 11. The van der Waals surface area contributed by atoms with E-state index in [9.17, 15) is 20.1 Å². The smallest absolute Gasteiger partial charge is 0.217 e. The number of aliphatic hydroxyl groups is 3. The van der Waals surface area contributed by atoms with E-state index in [2.05, 4.69) is 15.9 Å². The molecule has 0 saturated heterocycles. The zero-order valence-electron chi connectivity index (χ0n) is 15.9. The van der Waals surface area contributed by atoms with Crippen LogP contribution in [0.3, 0.4) is 0 Å². The second-order valence-corrected chi connectivity index (χ2v) is 9.92. The van der Waals surface area contributed by atoms with Crippen molar-refractivity contribution in [3.8, 4) is 0 Å². The highest BCUT2D eigenvalue weighted by atomic mass is 79.9. The maximum absolute atomic E-state index is 10.7. The summed E-state index contributed by atoms with van der Waals surface area (Å²) in [7, 11) is 0. The average Bonchev–Trinajstić information content (AvgIpc) is 3.16.